The van der Waals surface area contributed by atoms with E-state index in [0.29, 0.717) is 5.56 Å². The number of sulfonamides is 1. The third kappa shape index (κ3) is 5.20. The first kappa shape index (κ1) is 25.1. The minimum absolute atomic E-state index is 0.0124. The van der Waals surface area contributed by atoms with E-state index in [4.69, 9.17) is 11.6 Å². The molecule has 1 saturated heterocycles. The zero-order chi connectivity index (χ0) is 24.5. The van der Waals surface area contributed by atoms with Gasteiger partial charge in [-0.2, -0.15) is 4.31 Å². The molecular weight excluding hydrogens is 469 g/mol. The fraction of sp³-hybridized carbons (Fsp3) is 0.391. The van der Waals surface area contributed by atoms with Crippen molar-refractivity contribution >= 4 is 33.4 Å². The molecule has 0 saturated carbocycles. The van der Waals surface area contributed by atoms with Crippen molar-refractivity contribution in [1.29, 1.82) is 0 Å². The fourth-order valence-corrected chi connectivity index (χ4v) is 5.06. The maximum absolute atomic E-state index is 13.8. The lowest BCUT2D eigenvalue weighted by atomic mass is 10.1. The van der Waals surface area contributed by atoms with Gasteiger partial charge < -0.3 is 9.80 Å². The third-order valence-electron chi connectivity index (χ3n) is 5.85. The van der Waals surface area contributed by atoms with E-state index in [1.165, 1.54) is 40.5 Å². The first-order valence-corrected chi connectivity index (χ1v) is 12.4. The van der Waals surface area contributed by atoms with E-state index in [2.05, 4.69) is 0 Å². The second-order valence-corrected chi connectivity index (χ2v) is 10.7. The number of carbonyl (C=O) groups is 2. The first-order chi connectivity index (χ1) is 15.4. The summed E-state index contributed by atoms with van der Waals surface area (Å²) in [4.78, 5) is 28.9. The van der Waals surface area contributed by atoms with Crippen LogP contribution in [0.25, 0.3) is 0 Å². The van der Waals surface area contributed by atoms with Crippen LogP contribution < -0.4 is 0 Å². The van der Waals surface area contributed by atoms with E-state index < -0.39 is 21.7 Å². The molecule has 1 fully saturated rings. The van der Waals surface area contributed by atoms with Crippen LogP contribution in [-0.4, -0.2) is 73.6 Å². The van der Waals surface area contributed by atoms with Crippen molar-refractivity contribution in [2.24, 2.45) is 0 Å². The molecule has 0 unspecified atom stereocenters. The van der Waals surface area contributed by atoms with Crippen molar-refractivity contribution < 1.29 is 22.4 Å². The molecule has 1 aliphatic rings. The smallest absolute Gasteiger partial charge is 0.255 e. The number of amides is 2. The number of nitrogens with zero attached hydrogens (tertiary/aromatic N) is 3. The predicted molar refractivity (Wildman–Crippen MR) is 124 cm³/mol. The van der Waals surface area contributed by atoms with Gasteiger partial charge in [0.05, 0.1) is 15.5 Å². The van der Waals surface area contributed by atoms with Gasteiger partial charge in [-0.3, -0.25) is 9.59 Å². The number of carbonyl (C=O) groups excluding carboxylic acids is 2. The maximum atomic E-state index is 13.8. The zero-order valence-corrected chi connectivity index (χ0v) is 20.6. The largest absolute Gasteiger partial charge is 0.335 e. The first-order valence-electron chi connectivity index (χ1n) is 10.6. The zero-order valence-electron chi connectivity index (χ0n) is 19.0. The van der Waals surface area contributed by atoms with E-state index in [-0.39, 0.29) is 59.2 Å². The number of halogens is 2. The molecule has 0 aromatic heterocycles. The summed E-state index contributed by atoms with van der Waals surface area (Å²) in [6.45, 7) is 6.17. The van der Waals surface area contributed by atoms with Crippen LogP contribution >= 0.6 is 11.6 Å². The number of aryl methyl sites for hydroxylation is 1. The van der Waals surface area contributed by atoms with Gasteiger partial charge in [0.2, 0.25) is 10.0 Å². The van der Waals surface area contributed by atoms with E-state index >= 15 is 0 Å². The quantitative estimate of drug-likeness (QED) is 0.636. The van der Waals surface area contributed by atoms with Crippen LogP contribution in [0.1, 0.15) is 40.1 Å². The van der Waals surface area contributed by atoms with E-state index in [1.807, 2.05) is 0 Å². The minimum atomic E-state index is -3.78. The highest BCUT2D eigenvalue weighted by atomic mass is 35.5. The van der Waals surface area contributed by atoms with Gasteiger partial charge in [-0.25, -0.2) is 12.8 Å². The molecule has 3 rings (SSSR count). The highest BCUT2D eigenvalue weighted by molar-refractivity contribution is 7.89. The molecule has 0 radical (unpaired) electrons. The number of rotatable bonds is 5. The molecule has 7 nitrogen and oxygen atoms in total. The van der Waals surface area contributed by atoms with Crippen LogP contribution in [0.4, 0.5) is 4.39 Å². The number of benzene rings is 2. The van der Waals surface area contributed by atoms with Crippen molar-refractivity contribution in [2.75, 3.05) is 33.2 Å². The third-order valence-corrected chi connectivity index (χ3v) is 8.20. The van der Waals surface area contributed by atoms with Crippen molar-refractivity contribution in [2.45, 2.75) is 31.7 Å². The van der Waals surface area contributed by atoms with Crippen LogP contribution in [0.15, 0.2) is 41.3 Å². The van der Waals surface area contributed by atoms with Crippen LogP contribution in [0.5, 0.6) is 0 Å². The molecule has 0 aliphatic carbocycles. The van der Waals surface area contributed by atoms with E-state index in [9.17, 15) is 22.4 Å². The summed E-state index contributed by atoms with van der Waals surface area (Å²) < 4.78 is 40.7. The molecule has 0 spiro atoms. The van der Waals surface area contributed by atoms with Crippen LogP contribution in [0.3, 0.4) is 0 Å². The van der Waals surface area contributed by atoms with Crippen LogP contribution in [0.2, 0.25) is 5.02 Å². The molecular formula is C23H27ClFN3O4S. The lowest BCUT2D eigenvalue weighted by Crippen LogP contribution is -2.50. The molecule has 2 aromatic carbocycles. The Morgan fingerprint density at radius 1 is 1.00 bits per heavy atom. The topological polar surface area (TPSA) is 78.0 Å². The SMILES string of the molecule is Cc1ccc(C(=O)N2CCN(C(=O)c3cc(S(=O)(=O)N(C)C(C)C)ccc3Cl)CC2)cc1F. The lowest BCUT2D eigenvalue weighted by Gasteiger charge is -2.35. The van der Waals surface area contributed by atoms with Crippen LogP contribution in [0, 0.1) is 12.7 Å². The molecule has 0 N–H and O–H groups in total. The lowest BCUT2D eigenvalue weighted by molar-refractivity contribution is 0.0535. The normalized spacial score (nSPS) is 14.8. The number of piperazine rings is 1. The Morgan fingerprint density at radius 2 is 1.58 bits per heavy atom. The molecule has 2 aromatic rings. The summed E-state index contributed by atoms with van der Waals surface area (Å²) in [5, 5.41) is 0.153. The number of hydrogen-bond donors (Lipinski definition) is 0. The van der Waals surface area contributed by atoms with Gasteiger partial charge in [-0.05, 0) is 56.7 Å². The highest BCUT2D eigenvalue weighted by Gasteiger charge is 2.29. The Balaban J connectivity index is 1.74. The van der Waals surface area contributed by atoms with Crippen molar-refractivity contribution in [3.05, 3.63) is 63.9 Å². The van der Waals surface area contributed by atoms with Gasteiger partial charge >= 0.3 is 0 Å². The van der Waals surface area contributed by atoms with Gasteiger partial charge in [0.15, 0.2) is 0 Å². The van der Waals surface area contributed by atoms with Crippen LogP contribution in [-0.2, 0) is 10.0 Å². The summed E-state index contributed by atoms with van der Waals surface area (Å²) in [6, 6.07) is 8.19. The van der Waals surface area contributed by atoms with Gasteiger partial charge in [0, 0.05) is 44.8 Å². The Bertz CT molecular complexity index is 1180. The molecule has 10 heteroatoms. The molecule has 33 heavy (non-hydrogen) atoms. The average molecular weight is 496 g/mol. The standard InChI is InChI=1S/C23H27ClFN3O4S/c1-15(2)26(4)33(31,32)18-7-8-20(24)19(14-18)23(30)28-11-9-27(10-12-28)22(29)17-6-5-16(3)21(25)13-17/h5-8,13-15H,9-12H2,1-4H3. The summed E-state index contributed by atoms with van der Waals surface area (Å²) in [5.41, 5.74) is 0.811. The second-order valence-electron chi connectivity index (χ2n) is 8.31. The van der Waals surface area contributed by atoms with E-state index in [0.717, 1.165) is 0 Å². The average Bonchev–Trinajstić information content (AvgIpc) is 2.79. The Morgan fingerprint density at radius 3 is 2.12 bits per heavy atom. The number of hydrogen-bond acceptors (Lipinski definition) is 4. The summed E-state index contributed by atoms with van der Waals surface area (Å²) in [7, 11) is -2.30. The van der Waals surface area contributed by atoms with Crippen molar-refractivity contribution in [3.63, 3.8) is 0 Å². The monoisotopic (exact) mass is 495 g/mol. The minimum Gasteiger partial charge on any atom is -0.335 e. The highest BCUT2D eigenvalue weighted by Crippen LogP contribution is 2.25. The molecule has 178 valence electrons. The molecule has 2 amide bonds. The summed E-state index contributed by atoms with van der Waals surface area (Å²) in [6.07, 6.45) is 0. The Hall–Kier alpha value is -2.49. The maximum Gasteiger partial charge on any atom is 0.255 e. The second kappa shape index (κ2) is 9.79. The van der Waals surface area contributed by atoms with Gasteiger partial charge in [-0.15, -0.1) is 0 Å². The van der Waals surface area contributed by atoms with Gasteiger partial charge in [-0.1, -0.05) is 17.7 Å². The Labute approximate surface area is 198 Å². The van der Waals surface area contributed by atoms with Crippen molar-refractivity contribution in [1.82, 2.24) is 14.1 Å². The fourth-order valence-electron chi connectivity index (χ4n) is 3.46. The summed E-state index contributed by atoms with van der Waals surface area (Å²) in [5.74, 6) is -1.15. The molecule has 0 atom stereocenters. The molecule has 1 aliphatic heterocycles. The molecule has 0 bridgehead atoms. The van der Waals surface area contributed by atoms with Gasteiger partial charge in [0.25, 0.3) is 11.8 Å². The predicted octanol–water partition coefficient (Wildman–Crippen LogP) is 3.41. The summed E-state index contributed by atoms with van der Waals surface area (Å²) >= 11 is 6.23. The molecule has 1 heterocycles. The Kier molecular flexibility index (Phi) is 7.45. The van der Waals surface area contributed by atoms with Gasteiger partial charge in [0.1, 0.15) is 5.82 Å². The van der Waals surface area contributed by atoms with Crippen molar-refractivity contribution in [3.8, 4) is 0 Å². The van der Waals surface area contributed by atoms with E-state index in [1.54, 1.807) is 37.8 Å².